The molecule has 17 heavy (non-hydrogen) atoms. The zero-order valence-corrected chi connectivity index (χ0v) is 10.5. The molecule has 5 heteroatoms. The van der Waals surface area contributed by atoms with Gasteiger partial charge < -0.3 is 5.11 Å². The van der Waals surface area contributed by atoms with E-state index in [9.17, 15) is 5.11 Å². The lowest BCUT2D eigenvalue weighted by atomic mass is 10.2. The second-order valence-corrected chi connectivity index (χ2v) is 4.74. The van der Waals surface area contributed by atoms with E-state index in [1.54, 1.807) is 31.6 Å². The number of aliphatic hydroxyl groups excluding tert-OH is 1. The van der Waals surface area contributed by atoms with Crippen molar-refractivity contribution < 1.29 is 5.11 Å². The lowest BCUT2D eigenvalue weighted by Gasteiger charge is -2.05. The third kappa shape index (κ3) is 3.25. The van der Waals surface area contributed by atoms with Crippen molar-refractivity contribution in [3.63, 3.8) is 0 Å². The molecule has 2 aromatic rings. The van der Waals surface area contributed by atoms with Gasteiger partial charge in [0.2, 0.25) is 0 Å². The summed E-state index contributed by atoms with van der Waals surface area (Å²) in [6, 6.07) is 3.64. The molecule has 88 valence electrons. The summed E-state index contributed by atoms with van der Waals surface area (Å²) in [6.45, 7) is 3.67. The minimum atomic E-state index is -0.490. The van der Waals surface area contributed by atoms with Crippen LogP contribution in [0.2, 0.25) is 0 Å². The minimum absolute atomic E-state index is 0.490. The topological polar surface area (TPSA) is 58.9 Å². The number of rotatable bonds is 3. The first-order valence-corrected chi connectivity index (χ1v) is 6.07. The molecular weight excluding hydrogens is 234 g/mol. The van der Waals surface area contributed by atoms with Crippen molar-refractivity contribution in [1.29, 1.82) is 0 Å². The van der Waals surface area contributed by atoms with Gasteiger partial charge in [-0.05, 0) is 48.9 Å². The zero-order chi connectivity index (χ0) is 12.3. The van der Waals surface area contributed by atoms with E-state index in [1.165, 1.54) is 11.8 Å². The first-order chi connectivity index (χ1) is 8.15. The molecule has 0 bridgehead atoms. The second kappa shape index (κ2) is 5.25. The molecule has 0 aliphatic carbocycles. The third-order valence-corrected chi connectivity index (χ3v) is 3.02. The van der Waals surface area contributed by atoms with Crippen LogP contribution in [0, 0.1) is 6.92 Å². The van der Waals surface area contributed by atoms with Crippen LogP contribution >= 0.6 is 11.8 Å². The molecule has 0 amide bonds. The average Bonchev–Trinajstić information content (AvgIpc) is 2.32. The number of pyridine rings is 1. The van der Waals surface area contributed by atoms with E-state index in [4.69, 9.17) is 0 Å². The Labute approximate surface area is 104 Å². The lowest BCUT2D eigenvalue weighted by molar-refractivity contribution is 0.199. The van der Waals surface area contributed by atoms with Crippen LogP contribution in [0.5, 0.6) is 0 Å². The summed E-state index contributed by atoms with van der Waals surface area (Å²) in [6.07, 6.45) is 4.73. The smallest absolute Gasteiger partial charge is 0.193 e. The van der Waals surface area contributed by atoms with Crippen LogP contribution in [0.3, 0.4) is 0 Å². The van der Waals surface area contributed by atoms with Gasteiger partial charge in [-0.15, -0.1) is 0 Å². The van der Waals surface area contributed by atoms with Crippen LogP contribution in [0.25, 0.3) is 0 Å². The first kappa shape index (κ1) is 12.0. The Morgan fingerprint density at radius 1 is 1.24 bits per heavy atom. The van der Waals surface area contributed by atoms with Crippen LogP contribution in [-0.2, 0) is 0 Å². The van der Waals surface area contributed by atoms with E-state index in [2.05, 4.69) is 15.0 Å². The predicted octanol–water partition coefficient (Wildman–Crippen LogP) is 2.38. The fourth-order valence-corrected chi connectivity index (χ4v) is 1.97. The Hall–Kier alpha value is -1.46. The highest BCUT2D eigenvalue weighted by Crippen LogP contribution is 2.24. The molecule has 0 radical (unpaired) electrons. The molecule has 0 aliphatic heterocycles. The second-order valence-electron chi connectivity index (χ2n) is 3.75. The number of aromatic nitrogens is 3. The van der Waals surface area contributed by atoms with Crippen molar-refractivity contribution in [2.24, 2.45) is 0 Å². The Morgan fingerprint density at radius 3 is 2.59 bits per heavy atom. The SMILES string of the molecule is Cc1cnc(Sc2cc([C@@H](C)O)ccn2)nc1. The quantitative estimate of drug-likeness (QED) is 0.844. The highest BCUT2D eigenvalue weighted by atomic mass is 32.2. The van der Waals surface area contributed by atoms with Crippen molar-refractivity contribution in [3.8, 4) is 0 Å². The molecule has 2 heterocycles. The molecule has 0 fully saturated rings. The average molecular weight is 247 g/mol. The van der Waals surface area contributed by atoms with Gasteiger partial charge in [0.15, 0.2) is 5.16 Å². The standard InChI is InChI=1S/C12H13N3OS/c1-8-6-14-12(15-7-8)17-11-5-10(9(2)16)3-4-13-11/h3-7,9,16H,1-2H3/t9-/m1/s1. The molecule has 1 atom stereocenters. The summed E-state index contributed by atoms with van der Waals surface area (Å²) >= 11 is 1.38. The summed E-state index contributed by atoms with van der Waals surface area (Å²) in [5.74, 6) is 0. The van der Waals surface area contributed by atoms with Crippen LogP contribution in [-0.4, -0.2) is 20.1 Å². The van der Waals surface area contributed by atoms with Crippen LogP contribution in [0.1, 0.15) is 24.2 Å². The maximum absolute atomic E-state index is 9.48. The molecule has 0 unspecified atom stereocenters. The molecule has 0 aliphatic rings. The van der Waals surface area contributed by atoms with Crippen molar-refractivity contribution in [2.75, 3.05) is 0 Å². The molecule has 0 aromatic carbocycles. The number of aryl methyl sites for hydroxylation is 1. The van der Waals surface area contributed by atoms with Gasteiger partial charge >= 0.3 is 0 Å². The Bertz CT molecular complexity index is 499. The molecule has 0 saturated heterocycles. The summed E-state index contributed by atoms with van der Waals surface area (Å²) < 4.78 is 0. The van der Waals surface area contributed by atoms with Crippen molar-refractivity contribution in [3.05, 3.63) is 41.9 Å². The largest absolute Gasteiger partial charge is 0.389 e. The highest BCUT2D eigenvalue weighted by molar-refractivity contribution is 7.99. The van der Waals surface area contributed by atoms with Gasteiger partial charge in [-0.3, -0.25) is 0 Å². The molecular formula is C12H13N3OS. The van der Waals surface area contributed by atoms with Gasteiger partial charge in [-0.2, -0.15) is 0 Å². The molecule has 0 saturated carbocycles. The predicted molar refractivity (Wildman–Crippen MR) is 65.8 cm³/mol. The van der Waals surface area contributed by atoms with E-state index in [-0.39, 0.29) is 0 Å². The first-order valence-electron chi connectivity index (χ1n) is 5.25. The van der Waals surface area contributed by atoms with E-state index < -0.39 is 6.10 Å². The summed E-state index contributed by atoms with van der Waals surface area (Å²) in [5.41, 5.74) is 1.87. The van der Waals surface area contributed by atoms with E-state index >= 15 is 0 Å². The molecule has 1 N–H and O–H groups in total. The summed E-state index contributed by atoms with van der Waals surface area (Å²) in [5, 5.41) is 10.9. The van der Waals surface area contributed by atoms with Gasteiger partial charge in [-0.25, -0.2) is 15.0 Å². The Morgan fingerprint density at radius 2 is 1.94 bits per heavy atom. The zero-order valence-electron chi connectivity index (χ0n) is 9.66. The van der Waals surface area contributed by atoms with E-state index in [0.29, 0.717) is 5.16 Å². The number of hydrogen-bond acceptors (Lipinski definition) is 5. The molecule has 4 nitrogen and oxygen atoms in total. The van der Waals surface area contributed by atoms with Crippen molar-refractivity contribution >= 4 is 11.8 Å². The third-order valence-electron chi connectivity index (χ3n) is 2.19. The maximum Gasteiger partial charge on any atom is 0.193 e. The summed E-state index contributed by atoms with van der Waals surface area (Å²) in [7, 11) is 0. The van der Waals surface area contributed by atoms with Crippen LogP contribution in [0.4, 0.5) is 0 Å². The van der Waals surface area contributed by atoms with Crippen LogP contribution < -0.4 is 0 Å². The molecule has 2 aromatic heterocycles. The van der Waals surface area contributed by atoms with Gasteiger partial charge in [0.1, 0.15) is 5.03 Å². The Balaban J connectivity index is 2.18. The molecule has 0 spiro atoms. The van der Waals surface area contributed by atoms with Gasteiger partial charge in [0, 0.05) is 18.6 Å². The number of nitrogens with zero attached hydrogens (tertiary/aromatic N) is 3. The fraction of sp³-hybridized carbons (Fsp3) is 0.250. The van der Waals surface area contributed by atoms with Crippen molar-refractivity contribution in [2.45, 2.75) is 30.1 Å². The number of aliphatic hydroxyl groups is 1. The van der Waals surface area contributed by atoms with Gasteiger partial charge in [-0.1, -0.05) is 0 Å². The molecule has 2 rings (SSSR count). The van der Waals surface area contributed by atoms with E-state index in [0.717, 1.165) is 16.2 Å². The fourth-order valence-electron chi connectivity index (χ4n) is 1.27. The summed E-state index contributed by atoms with van der Waals surface area (Å²) in [4.78, 5) is 12.6. The number of hydrogen-bond donors (Lipinski definition) is 1. The monoisotopic (exact) mass is 247 g/mol. The van der Waals surface area contributed by atoms with E-state index in [1.807, 2.05) is 13.0 Å². The minimum Gasteiger partial charge on any atom is -0.389 e. The highest BCUT2D eigenvalue weighted by Gasteiger charge is 2.05. The van der Waals surface area contributed by atoms with Gasteiger partial charge in [0.05, 0.1) is 6.10 Å². The maximum atomic E-state index is 9.48. The Kier molecular flexibility index (Phi) is 3.71. The normalized spacial score (nSPS) is 12.4. The van der Waals surface area contributed by atoms with Gasteiger partial charge in [0.25, 0.3) is 0 Å². The van der Waals surface area contributed by atoms with Crippen LogP contribution in [0.15, 0.2) is 40.9 Å². The van der Waals surface area contributed by atoms with Crippen molar-refractivity contribution in [1.82, 2.24) is 15.0 Å². The lowest BCUT2D eigenvalue weighted by Crippen LogP contribution is -1.93.